The minimum Gasteiger partial charge on any atom is -0.478 e. The zero-order chi connectivity index (χ0) is 16.6. The maximum atomic E-state index is 11.5. The lowest BCUT2D eigenvalue weighted by Crippen LogP contribution is -2.02. The maximum absolute atomic E-state index is 11.5. The monoisotopic (exact) mass is 345 g/mol. The van der Waals surface area contributed by atoms with Crippen LogP contribution in [0.3, 0.4) is 0 Å². The summed E-state index contributed by atoms with van der Waals surface area (Å²) in [6.07, 6.45) is 0. The van der Waals surface area contributed by atoms with Crippen molar-refractivity contribution in [2.45, 2.75) is 6.92 Å². The second-order valence-electron chi connectivity index (χ2n) is 5.13. The summed E-state index contributed by atoms with van der Waals surface area (Å²) in [6, 6.07) is 16.4. The third-order valence-electron chi connectivity index (χ3n) is 3.70. The SMILES string of the molecule is Cc1c(C(=O)O)cc(-c2ccc(Cl)cc2Cl)n1-c1ccccc1. The first-order valence-electron chi connectivity index (χ1n) is 6.95. The van der Waals surface area contributed by atoms with E-state index < -0.39 is 5.97 Å². The van der Waals surface area contributed by atoms with Gasteiger partial charge in [0, 0.05) is 22.0 Å². The Hall–Kier alpha value is -2.23. The molecular weight excluding hydrogens is 333 g/mol. The molecule has 1 heterocycles. The lowest BCUT2D eigenvalue weighted by molar-refractivity contribution is 0.0696. The number of para-hydroxylation sites is 1. The second kappa shape index (κ2) is 6.11. The first-order valence-corrected chi connectivity index (χ1v) is 7.71. The number of halogens is 2. The van der Waals surface area contributed by atoms with Crippen LogP contribution in [-0.4, -0.2) is 15.6 Å². The van der Waals surface area contributed by atoms with Crippen LogP contribution in [-0.2, 0) is 0 Å². The van der Waals surface area contributed by atoms with Gasteiger partial charge in [-0.05, 0) is 43.3 Å². The average molecular weight is 346 g/mol. The van der Waals surface area contributed by atoms with Gasteiger partial charge in [-0.3, -0.25) is 0 Å². The first kappa shape index (κ1) is 15.7. The van der Waals surface area contributed by atoms with Gasteiger partial charge >= 0.3 is 5.97 Å². The van der Waals surface area contributed by atoms with E-state index >= 15 is 0 Å². The van der Waals surface area contributed by atoms with E-state index in [9.17, 15) is 9.90 Å². The molecule has 0 atom stereocenters. The number of carbonyl (C=O) groups is 1. The van der Waals surface area contributed by atoms with Gasteiger partial charge in [0.1, 0.15) is 0 Å². The van der Waals surface area contributed by atoms with Crippen LogP contribution in [0.25, 0.3) is 16.9 Å². The van der Waals surface area contributed by atoms with Crippen molar-refractivity contribution in [1.29, 1.82) is 0 Å². The van der Waals surface area contributed by atoms with Crippen molar-refractivity contribution in [2.75, 3.05) is 0 Å². The molecule has 2 aromatic carbocycles. The molecular formula is C18H13Cl2NO2. The lowest BCUT2D eigenvalue weighted by Gasteiger charge is -2.13. The van der Waals surface area contributed by atoms with Crippen molar-refractivity contribution in [3.05, 3.63) is 75.9 Å². The highest BCUT2D eigenvalue weighted by Crippen LogP contribution is 2.35. The molecule has 1 N–H and O–H groups in total. The van der Waals surface area contributed by atoms with E-state index in [0.29, 0.717) is 21.4 Å². The third-order valence-corrected chi connectivity index (χ3v) is 4.25. The molecule has 116 valence electrons. The minimum atomic E-state index is -0.969. The molecule has 1 aromatic heterocycles. The Morgan fingerprint density at radius 2 is 1.74 bits per heavy atom. The van der Waals surface area contributed by atoms with Gasteiger partial charge in [0.15, 0.2) is 0 Å². The smallest absolute Gasteiger partial charge is 0.337 e. The Morgan fingerprint density at radius 3 is 2.35 bits per heavy atom. The van der Waals surface area contributed by atoms with E-state index in [2.05, 4.69) is 0 Å². The summed E-state index contributed by atoms with van der Waals surface area (Å²) >= 11 is 12.3. The van der Waals surface area contributed by atoms with E-state index in [1.165, 1.54) is 0 Å². The molecule has 0 spiro atoms. The van der Waals surface area contributed by atoms with Crippen molar-refractivity contribution in [3.63, 3.8) is 0 Å². The quantitative estimate of drug-likeness (QED) is 0.684. The zero-order valence-electron chi connectivity index (χ0n) is 12.3. The van der Waals surface area contributed by atoms with E-state index in [0.717, 1.165) is 11.3 Å². The van der Waals surface area contributed by atoms with Gasteiger partial charge in [-0.2, -0.15) is 0 Å². The van der Waals surface area contributed by atoms with Gasteiger partial charge in [0.2, 0.25) is 0 Å². The third kappa shape index (κ3) is 2.85. The topological polar surface area (TPSA) is 42.2 Å². The van der Waals surface area contributed by atoms with Crippen LogP contribution in [0.1, 0.15) is 16.1 Å². The molecule has 3 nitrogen and oxygen atoms in total. The molecule has 0 saturated heterocycles. The highest BCUT2D eigenvalue weighted by atomic mass is 35.5. The highest BCUT2D eigenvalue weighted by molar-refractivity contribution is 6.36. The number of nitrogens with zero attached hydrogens (tertiary/aromatic N) is 1. The number of carboxylic acid groups (broad SMARTS) is 1. The van der Waals surface area contributed by atoms with Gasteiger partial charge in [-0.15, -0.1) is 0 Å². The number of hydrogen-bond donors (Lipinski definition) is 1. The standard InChI is InChI=1S/C18H13Cl2NO2/c1-11-15(18(22)23)10-17(14-8-7-12(19)9-16(14)20)21(11)13-5-3-2-4-6-13/h2-10H,1H3,(H,22,23). The van der Waals surface area contributed by atoms with Gasteiger partial charge in [-0.1, -0.05) is 41.4 Å². The summed E-state index contributed by atoms with van der Waals surface area (Å²) in [5.41, 5.74) is 3.21. The summed E-state index contributed by atoms with van der Waals surface area (Å²) in [4.78, 5) is 11.5. The van der Waals surface area contributed by atoms with E-state index in [1.807, 2.05) is 34.9 Å². The van der Waals surface area contributed by atoms with Gasteiger partial charge in [-0.25, -0.2) is 4.79 Å². The predicted octanol–water partition coefficient (Wildman–Crippen LogP) is 5.46. The second-order valence-corrected chi connectivity index (χ2v) is 5.97. The highest BCUT2D eigenvalue weighted by Gasteiger charge is 2.20. The number of aromatic nitrogens is 1. The van der Waals surface area contributed by atoms with Gasteiger partial charge in [0.25, 0.3) is 0 Å². The molecule has 0 radical (unpaired) electrons. The fourth-order valence-corrected chi connectivity index (χ4v) is 3.13. The molecule has 0 amide bonds. The van der Waals surface area contributed by atoms with Crippen LogP contribution in [0.5, 0.6) is 0 Å². The summed E-state index contributed by atoms with van der Waals surface area (Å²) in [5.74, 6) is -0.969. The Labute approximate surface area is 143 Å². The molecule has 5 heteroatoms. The molecule has 3 rings (SSSR count). The van der Waals surface area contributed by atoms with Crippen molar-refractivity contribution in [2.24, 2.45) is 0 Å². The van der Waals surface area contributed by atoms with Crippen molar-refractivity contribution < 1.29 is 9.90 Å². The summed E-state index contributed by atoms with van der Waals surface area (Å²) in [5, 5.41) is 10.5. The normalized spacial score (nSPS) is 10.7. The fourth-order valence-electron chi connectivity index (χ4n) is 2.63. The predicted molar refractivity (Wildman–Crippen MR) is 92.9 cm³/mol. The number of aromatic carboxylic acids is 1. The van der Waals surface area contributed by atoms with Crippen LogP contribution >= 0.6 is 23.2 Å². The van der Waals surface area contributed by atoms with Crippen molar-refractivity contribution in [3.8, 4) is 16.9 Å². The van der Waals surface area contributed by atoms with E-state index in [4.69, 9.17) is 23.2 Å². The molecule has 3 aromatic rings. The molecule has 0 bridgehead atoms. The Bertz CT molecular complexity index is 886. The minimum absolute atomic E-state index is 0.245. The molecule has 0 aliphatic heterocycles. The van der Waals surface area contributed by atoms with E-state index in [-0.39, 0.29) is 5.56 Å². The summed E-state index contributed by atoms with van der Waals surface area (Å²) < 4.78 is 1.89. The van der Waals surface area contributed by atoms with Gasteiger partial charge < -0.3 is 9.67 Å². The largest absolute Gasteiger partial charge is 0.478 e. The molecule has 0 aliphatic carbocycles. The molecule has 0 aliphatic rings. The summed E-state index contributed by atoms with van der Waals surface area (Å²) in [7, 11) is 0. The molecule has 0 fully saturated rings. The fraction of sp³-hybridized carbons (Fsp3) is 0.0556. The van der Waals surface area contributed by atoms with Crippen LogP contribution in [0.15, 0.2) is 54.6 Å². The molecule has 0 saturated carbocycles. The molecule has 23 heavy (non-hydrogen) atoms. The van der Waals surface area contributed by atoms with Crippen LogP contribution in [0.4, 0.5) is 0 Å². The Balaban J connectivity index is 2.32. The van der Waals surface area contributed by atoms with Crippen LogP contribution in [0.2, 0.25) is 10.0 Å². The van der Waals surface area contributed by atoms with Crippen molar-refractivity contribution in [1.82, 2.24) is 4.57 Å². The van der Waals surface area contributed by atoms with E-state index in [1.54, 1.807) is 31.2 Å². The average Bonchev–Trinajstić information content (AvgIpc) is 2.85. The van der Waals surface area contributed by atoms with Crippen LogP contribution in [0, 0.1) is 6.92 Å². The van der Waals surface area contributed by atoms with Crippen LogP contribution < -0.4 is 0 Å². The lowest BCUT2D eigenvalue weighted by atomic mass is 10.1. The van der Waals surface area contributed by atoms with Gasteiger partial charge in [0.05, 0.1) is 16.3 Å². The Kier molecular flexibility index (Phi) is 4.16. The molecule has 0 unspecified atom stereocenters. The Morgan fingerprint density at radius 1 is 1.04 bits per heavy atom. The van der Waals surface area contributed by atoms with Crippen molar-refractivity contribution >= 4 is 29.2 Å². The number of rotatable bonds is 3. The summed E-state index contributed by atoms with van der Waals surface area (Å²) in [6.45, 7) is 1.78. The number of carboxylic acids is 1. The maximum Gasteiger partial charge on any atom is 0.337 e. The first-order chi connectivity index (χ1) is 11.0. The zero-order valence-corrected chi connectivity index (χ0v) is 13.8. The number of benzene rings is 2. The number of hydrogen-bond acceptors (Lipinski definition) is 1.